The van der Waals surface area contributed by atoms with Gasteiger partial charge in [-0.3, -0.25) is 9.59 Å². The number of carbonyl (C=O) groups is 2. The number of sulfonamides is 1. The van der Waals surface area contributed by atoms with Crippen LogP contribution in [0.2, 0.25) is 10.0 Å². The number of benzene rings is 1. The van der Waals surface area contributed by atoms with Crippen molar-refractivity contribution in [2.45, 2.75) is 44.2 Å². The van der Waals surface area contributed by atoms with Gasteiger partial charge in [-0.05, 0) is 39.8 Å². The van der Waals surface area contributed by atoms with E-state index in [1.165, 1.54) is 19.1 Å². The summed E-state index contributed by atoms with van der Waals surface area (Å²) in [5.41, 5.74) is -0.492. The number of carbonyl (C=O) groups excluding carboxylic acids is 2. The Morgan fingerprint density at radius 3 is 2.19 bits per heavy atom. The van der Waals surface area contributed by atoms with Crippen molar-refractivity contribution in [3.05, 3.63) is 26.7 Å². The standard InChI is InChI=1S/C15H19BrCl2N2O5S/c1-8(14(22)20-15(2,3)4)25-12(21)7-19-26(23,24)13-10(17)5-9(16)6-11(13)18/h5-6,8,19H,7H2,1-4H3,(H,20,22). The SMILES string of the molecule is CC(OC(=O)CNS(=O)(=O)c1c(Cl)cc(Br)cc1Cl)C(=O)NC(C)(C)C. The molecule has 11 heteroatoms. The van der Waals surface area contributed by atoms with Gasteiger partial charge in [-0.2, -0.15) is 4.72 Å². The van der Waals surface area contributed by atoms with Crippen LogP contribution in [-0.2, 0) is 24.3 Å². The van der Waals surface area contributed by atoms with Gasteiger partial charge in [-0.1, -0.05) is 39.1 Å². The van der Waals surface area contributed by atoms with Crippen molar-refractivity contribution in [2.75, 3.05) is 6.54 Å². The molecule has 1 aromatic rings. The Balaban J connectivity index is 2.74. The molecule has 0 aliphatic heterocycles. The van der Waals surface area contributed by atoms with Crippen LogP contribution in [0.1, 0.15) is 27.7 Å². The van der Waals surface area contributed by atoms with Crippen molar-refractivity contribution in [2.24, 2.45) is 0 Å². The van der Waals surface area contributed by atoms with Crippen molar-refractivity contribution < 1.29 is 22.7 Å². The highest BCUT2D eigenvalue weighted by molar-refractivity contribution is 9.10. The lowest BCUT2D eigenvalue weighted by Crippen LogP contribution is -2.46. The predicted molar refractivity (Wildman–Crippen MR) is 103 cm³/mol. The Morgan fingerprint density at radius 2 is 1.73 bits per heavy atom. The van der Waals surface area contributed by atoms with E-state index in [1.54, 1.807) is 20.8 Å². The first kappa shape index (κ1) is 23.2. The summed E-state index contributed by atoms with van der Waals surface area (Å²) in [5, 5.41) is 2.43. The van der Waals surface area contributed by atoms with Gasteiger partial charge in [0, 0.05) is 10.0 Å². The summed E-state index contributed by atoms with van der Waals surface area (Å²) in [6.07, 6.45) is -1.08. The minimum Gasteiger partial charge on any atom is -0.452 e. The van der Waals surface area contributed by atoms with E-state index in [2.05, 4.69) is 26.0 Å². The lowest BCUT2D eigenvalue weighted by atomic mass is 10.1. The average molecular weight is 490 g/mol. The van der Waals surface area contributed by atoms with Crippen LogP contribution in [-0.4, -0.2) is 38.5 Å². The monoisotopic (exact) mass is 488 g/mol. The van der Waals surface area contributed by atoms with Crippen LogP contribution in [0.25, 0.3) is 0 Å². The van der Waals surface area contributed by atoms with E-state index in [-0.39, 0.29) is 14.9 Å². The molecule has 0 aliphatic carbocycles. The fourth-order valence-corrected chi connectivity index (χ4v) is 4.68. The summed E-state index contributed by atoms with van der Waals surface area (Å²) in [7, 11) is -4.15. The van der Waals surface area contributed by atoms with Crippen LogP contribution >= 0.6 is 39.1 Å². The van der Waals surface area contributed by atoms with E-state index >= 15 is 0 Å². The zero-order chi connectivity index (χ0) is 20.3. The predicted octanol–water partition coefficient (Wildman–Crippen LogP) is 2.88. The molecule has 0 aromatic heterocycles. The zero-order valence-corrected chi connectivity index (χ0v) is 18.4. The van der Waals surface area contributed by atoms with E-state index in [0.717, 1.165) is 0 Å². The molecule has 0 spiro atoms. The van der Waals surface area contributed by atoms with Gasteiger partial charge in [0.25, 0.3) is 5.91 Å². The number of rotatable bonds is 6. The number of nitrogens with one attached hydrogen (secondary N) is 2. The van der Waals surface area contributed by atoms with Crippen molar-refractivity contribution >= 4 is 61.0 Å². The van der Waals surface area contributed by atoms with E-state index in [0.29, 0.717) is 4.47 Å². The van der Waals surface area contributed by atoms with Crippen molar-refractivity contribution in [1.29, 1.82) is 0 Å². The van der Waals surface area contributed by atoms with Crippen LogP contribution in [0.15, 0.2) is 21.5 Å². The van der Waals surface area contributed by atoms with Crippen LogP contribution < -0.4 is 10.0 Å². The number of amides is 1. The molecule has 0 bridgehead atoms. The zero-order valence-electron chi connectivity index (χ0n) is 14.5. The van der Waals surface area contributed by atoms with Crippen LogP contribution in [0, 0.1) is 0 Å². The smallest absolute Gasteiger partial charge is 0.321 e. The lowest BCUT2D eigenvalue weighted by Gasteiger charge is -2.23. The summed E-state index contributed by atoms with van der Waals surface area (Å²) in [6, 6.07) is 2.72. The van der Waals surface area contributed by atoms with Gasteiger partial charge in [0.05, 0.1) is 10.0 Å². The van der Waals surface area contributed by atoms with Crippen LogP contribution in [0.3, 0.4) is 0 Å². The van der Waals surface area contributed by atoms with E-state index < -0.39 is 40.1 Å². The third-order valence-electron chi connectivity index (χ3n) is 2.81. The van der Waals surface area contributed by atoms with E-state index in [4.69, 9.17) is 27.9 Å². The Morgan fingerprint density at radius 1 is 1.23 bits per heavy atom. The summed E-state index contributed by atoms with van der Waals surface area (Å²) in [5.74, 6) is -1.41. The van der Waals surface area contributed by atoms with Crippen molar-refractivity contribution in [3.8, 4) is 0 Å². The first-order valence-electron chi connectivity index (χ1n) is 7.38. The first-order valence-corrected chi connectivity index (χ1v) is 10.4. The fourth-order valence-electron chi connectivity index (χ4n) is 1.78. The average Bonchev–Trinajstić information content (AvgIpc) is 2.41. The summed E-state index contributed by atoms with van der Waals surface area (Å²) < 4.78 is 32.1. The molecular weight excluding hydrogens is 471 g/mol. The van der Waals surface area contributed by atoms with Gasteiger partial charge in [0.1, 0.15) is 11.4 Å². The summed E-state index contributed by atoms with van der Waals surface area (Å²) >= 11 is 15.0. The molecule has 26 heavy (non-hydrogen) atoms. The lowest BCUT2D eigenvalue weighted by molar-refractivity contribution is -0.154. The highest BCUT2D eigenvalue weighted by Crippen LogP contribution is 2.32. The molecule has 0 radical (unpaired) electrons. The van der Waals surface area contributed by atoms with Gasteiger partial charge in [0.15, 0.2) is 6.10 Å². The molecule has 1 rings (SSSR count). The molecule has 1 aromatic carbocycles. The third-order valence-corrected chi connectivity index (χ3v) is 5.59. The highest BCUT2D eigenvalue weighted by atomic mass is 79.9. The summed E-state index contributed by atoms with van der Waals surface area (Å²) in [6.45, 7) is 6.03. The maximum atomic E-state index is 12.3. The number of ether oxygens (including phenoxy) is 1. The van der Waals surface area contributed by atoms with E-state index in [1.807, 2.05) is 0 Å². The molecule has 7 nitrogen and oxygen atoms in total. The molecule has 1 atom stereocenters. The number of halogens is 3. The Labute approximate surface area is 170 Å². The maximum absolute atomic E-state index is 12.3. The molecule has 1 amide bonds. The van der Waals surface area contributed by atoms with Gasteiger partial charge in [-0.15, -0.1) is 0 Å². The molecule has 2 N–H and O–H groups in total. The van der Waals surface area contributed by atoms with Gasteiger partial charge in [0.2, 0.25) is 10.0 Å². The number of hydrogen-bond acceptors (Lipinski definition) is 5. The Bertz CT molecular complexity index is 786. The van der Waals surface area contributed by atoms with Gasteiger partial charge in [-0.25, -0.2) is 8.42 Å². The molecule has 0 saturated heterocycles. The Hall–Kier alpha value is -0.870. The molecule has 146 valence electrons. The molecular formula is C15H19BrCl2N2O5S. The second kappa shape index (κ2) is 8.88. The van der Waals surface area contributed by atoms with Crippen LogP contribution in [0.5, 0.6) is 0 Å². The largest absolute Gasteiger partial charge is 0.452 e. The van der Waals surface area contributed by atoms with Gasteiger partial charge >= 0.3 is 5.97 Å². The molecule has 1 unspecified atom stereocenters. The second-order valence-electron chi connectivity index (χ2n) is 6.39. The normalized spacial score (nSPS) is 13.2. The Kier molecular flexibility index (Phi) is 7.91. The van der Waals surface area contributed by atoms with Crippen molar-refractivity contribution in [1.82, 2.24) is 10.0 Å². The number of esters is 1. The molecule has 0 heterocycles. The van der Waals surface area contributed by atoms with E-state index in [9.17, 15) is 18.0 Å². The molecule has 0 saturated carbocycles. The topological polar surface area (TPSA) is 102 Å². The third kappa shape index (κ3) is 7.03. The van der Waals surface area contributed by atoms with Crippen molar-refractivity contribution in [3.63, 3.8) is 0 Å². The molecule has 0 fully saturated rings. The van der Waals surface area contributed by atoms with Crippen LogP contribution in [0.4, 0.5) is 0 Å². The highest BCUT2D eigenvalue weighted by Gasteiger charge is 2.25. The quantitative estimate of drug-likeness (QED) is 0.598. The summed E-state index contributed by atoms with van der Waals surface area (Å²) in [4.78, 5) is 23.3. The fraction of sp³-hybridized carbons (Fsp3) is 0.467. The number of hydrogen-bond donors (Lipinski definition) is 2. The minimum absolute atomic E-state index is 0.108. The second-order valence-corrected chi connectivity index (χ2v) is 9.83. The molecule has 0 aliphatic rings. The minimum atomic E-state index is -4.15. The first-order chi connectivity index (χ1) is 11.7. The maximum Gasteiger partial charge on any atom is 0.321 e. The van der Waals surface area contributed by atoms with Gasteiger partial charge < -0.3 is 10.1 Å².